The Hall–Kier alpha value is -1.07. The van der Waals surface area contributed by atoms with Crippen molar-refractivity contribution in [2.45, 2.75) is 19.8 Å². The second-order valence-corrected chi connectivity index (χ2v) is 3.64. The molecule has 0 aliphatic heterocycles. The zero-order valence-corrected chi connectivity index (χ0v) is 8.99. The highest BCUT2D eigenvalue weighted by Crippen LogP contribution is 2.21. The Morgan fingerprint density at radius 2 is 1.93 bits per heavy atom. The van der Waals surface area contributed by atoms with E-state index < -0.39 is 12.9 Å². The monoisotopic (exact) mass is 214 g/mol. The molecule has 5 heteroatoms. The van der Waals surface area contributed by atoms with Crippen LogP contribution in [0, 0.1) is 5.82 Å². The van der Waals surface area contributed by atoms with Crippen molar-refractivity contribution in [1.82, 2.24) is 0 Å². The van der Waals surface area contributed by atoms with Crippen LogP contribution in [0.4, 0.5) is 4.39 Å². The number of rotatable bonds is 3. The molecule has 0 saturated heterocycles. The van der Waals surface area contributed by atoms with E-state index in [4.69, 9.17) is 14.8 Å². The summed E-state index contributed by atoms with van der Waals surface area (Å²) < 4.78 is 18.4. The SMILES string of the molecule is COc1cc(F)c([13CH](C)[13CH3])cc1B(O)O. The Bertz CT molecular complexity index is 353. The van der Waals surface area contributed by atoms with Crippen LogP contribution in [0.1, 0.15) is 25.3 Å². The molecule has 1 rings (SSSR count). The Kier molecular flexibility index (Phi) is 3.71. The second kappa shape index (κ2) is 4.64. The van der Waals surface area contributed by atoms with Crippen LogP contribution < -0.4 is 10.2 Å². The summed E-state index contributed by atoms with van der Waals surface area (Å²) in [5.41, 5.74) is 0.626. The Morgan fingerprint density at radius 3 is 2.33 bits per heavy atom. The van der Waals surface area contributed by atoms with Gasteiger partial charge in [-0.25, -0.2) is 4.39 Å². The van der Waals surface area contributed by atoms with Crippen molar-refractivity contribution in [2.24, 2.45) is 0 Å². The van der Waals surface area contributed by atoms with Crippen molar-refractivity contribution in [2.75, 3.05) is 7.11 Å². The van der Waals surface area contributed by atoms with Gasteiger partial charge in [-0.05, 0) is 11.5 Å². The fourth-order valence-electron chi connectivity index (χ4n) is 1.41. The molecule has 2 N–H and O–H groups in total. The van der Waals surface area contributed by atoms with E-state index in [1.54, 1.807) is 0 Å². The fraction of sp³-hybridized carbons (Fsp3) is 0.400. The summed E-state index contributed by atoms with van der Waals surface area (Å²) in [6.07, 6.45) is 0. The van der Waals surface area contributed by atoms with Crippen LogP contribution in [0.2, 0.25) is 0 Å². The lowest BCUT2D eigenvalue weighted by atomic mass is 9.79. The smallest absolute Gasteiger partial charge is 0.492 e. The average molecular weight is 214 g/mol. The minimum Gasteiger partial charge on any atom is -0.497 e. The molecule has 82 valence electrons. The Labute approximate surface area is 88.7 Å². The molecular formula is C10H14BFO3. The summed E-state index contributed by atoms with van der Waals surface area (Å²) in [5.74, 6) is -0.272. The van der Waals surface area contributed by atoms with Crippen LogP contribution in [-0.2, 0) is 0 Å². The Balaban J connectivity index is 3.30. The molecule has 3 nitrogen and oxygen atoms in total. The second-order valence-electron chi connectivity index (χ2n) is 3.64. The molecule has 15 heavy (non-hydrogen) atoms. The van der Waals surface area contributed by atoms with Crippen LogP contribution >= 0.6 is 0 Å². The van der Waals surface area contributed by atoms with E-state index in [0.717, 1.165) is 0 Å². The molecule has 1 aromatic carbocycles. The van der Waals surface area contributed by atoms with Crippen molar-refractivity contribution >= 4 is 12.6 Å². The highest BCUT2D eigenvalue weighted by atomic mass is 19.1. The van der Waals surface area contributed by atoms with Gasteiger partial charge in [0.2, 0.25) is 0 Å². The van der Waals surface area contributed by atoms with Gasteiger partial charge in [-0.3, -0.25) is 0 Å². The first-order chi connectivity index (χ1) is 6.97. The van der Waals surface area contributed by atoms with Crippen molar-refractivity contribution in [1.29, 1.82) is 0 Å². The van der Waals surface area contributed by atoms with Crippen LogP contribution in [-0.4, -0.2) is 24.3 Å². The molecule has 0 amide bonds. The number of ether oxygens (including phenoxy) is 1. The van der Waals surface area contributed by atoms with Crippen LogP contribution in [0.25, 0.3) is 0 Å². The summed E-state index contributed by atoms with van der Waals surface area (Å²) in [7, 11) is -0.298. The third-order valence-corrected chi connectivity index (χ3v) is 2.25. The molecule has 1 unspecified atom stereocenters. The van der Waals surface area contributed by atoms with E-state index >= 15 is 0 Å². The quantitative estimate of drug-likeness (QED) is 0.573. The third kappa shape index (κ3) is 2.49. The molecule has 0 aromatic heterocycles. The lowest BCUT2D eigenvalue weighted by Gasteiger charge is -2.13. The molecule has 0 fully saturated rings. The van der Waals surface area contributed by atoms with Gasteiger partial charge in [0.15, 0.2) is 0 Å². The van der Waals surface area contributed by atoms with Gasteiger partial charge in [0.05, 0.1) is 7.11 Å². The predicted octanol–water partition coefficient (Wildman–Crippen LogP) is 0.637. The lowest BCUT2D eigenvalue weighted by Crippen LogP contribution is -2.32. The van der Waals surface area contributed by atoms with Gasteiger partial charge >= 0.3 is 7.12 Å². The summed E-state index contributed by atoms with van der Waals surface area (Å²) >= 11 is 0. The highest BCUT2D eigenvalue weighted by molar-refractivity contribution is 6.59. The topological polar surface area (TPSA) is 49.7 Å². The third-order valence-electron chi connectivity index (χ3n) is 2.25. The van der Waals surface area contributed by atoms with Crippen LogP contribution in [0.5, 0.6) is 5.75 Å². The number of hydrogen-bond acceptors (Lipinski definition) is 3. The van der Waals surface area contributed by atoms with Gasteiger partial charge in [-0.15, -0.1) is 0 Å². The zero-order valence-electron chi connectivity index (χ0n) is 8.99. The highest BCUT2D eigenvalue weighted by Gasteiger charge is 2.20. The number of benzene rings is 1. The maximum absolute atomic E-state index is 13.5. The van der Waals surface area contributed by atoms with Gasteiger partial charge in [-0.2, -0.15) is 0 Å². The van der Waals surface area contributed by atoms with E-state index in [1.165, 1.54) is 19.2 Å². The van der Waals surface area contributed by atoms with Gasteiger partial charge < -0.3 is 14.8 Å². The van der Waals surface area contributed by atoms with Gasteiger partial charge in [0, 0.05) is 11.5 Å². The van der Waals surface area contributed by atoms with Crippen molar-refractivity contribution in [3.05, 3.63) is 23.5 Å². The van der Waals surface area contributed by atoms with E-state index in [1.807, 2.05) is 13.8 Å². The number of hydrogen-bond donors (Lipinski definition) is 2. The minimum atomic E-state index is -1.65. The van der Waals surface area contributed by atoms with Gasteiger partial charge in [-0.1, -0.05) is 19.9 Å². The zero-order chi connectivity index (χ0) is 11.6. The normalized spacial score (nSPS) is 12.4. The number of methoxy groups -OCH3 is 1. The minimum absolute atomic E-state index is 0.0200. The van der Waals surface area contributed by atoms with Crippen LogP contribution in [0.15, 0.2) is 12.1 Å². The molecule has 0 bridgehead atoms. The first kappa shape index (κ1) is 12.0. The van der Waals surface area contributed by atoms with Crippen molar-refractivity contribution in [3.63, 3.8) is 0 Å². The molecule has 0 spiro atoms. The predicted molar refractivity (Wildman–Crippen MR) is 56.9 cm³/mol. The first-order valence-electron chi connectivity index (χ1n) is 4.70. The van der Waals surface area contributed by atoms with Crippen molar-refractivity contribution < 1.29 is 19.2 Å². The average Bonchev–Trinajstić information content (AvgIpc) is 2.16. The maximum atomic E-state index is 13.5. The molecule has 0 aliphatic rings. The summed E-state index contributed by atoms with van der Waals surface area (Å²) in [6.45, 7) is 3.66. The molecule has 0 heterocycles. The summed E-state index contributed by atoms with van der Waals surface area (Å²) in [6, 6.07) is 2.59. The maximum Gasteiger partial charge on any atom is 0.492 e. The molecule has 1 atom stereocenters. The van der Waals surface area contributed by atoms with Gasteiger partial charge in [0.25, 0.3) is 0 Å². The van der Waals surface area contributed by atoms with E-state index in [-0.39, 0.29) is 17.1 Å². The molecular weight excluding hydrogens is 200 g/mol. The summed E-state index contributed by atoms with van der Waals surface area (Å²) in [4.78, 5) is 0. The first-order valence-corrected chi connectivity index (χ1v) is 4.70. The fourth-order valence-corrected chi connectivity index (χ4v) is 1.41. The van der Waals surface area contributed by atoms with E-state index in [9.17, 15) is 4.39 Å². The van der Waals surface area contributed by atoms with E-state index in [0.29, 0.717) is 5.56 Å². The lowest BCUT2D eigenvalue weighted by molar-refractivity contribution is 0.400. The van der Waals surface area contributed by atoms with Gasteiger partial charge in [0.1, 0.15) is 11.6 Å². The Morgan fingerprint density at radius 1 is 1.33 bits per heavy atom. The van der Waals surface area contributed by atoms with Crippen molar-refractivity contribution in [3.8, 4) is 5.75 Å². The molecule has 0 radical (unpaired) electrons. The van der Waals surface area contributed by atoms with E-state index in [2.05, 4.69) is 0 Å². The molecule has 0 aliphatic carbocycles. The molecule has 0 saturated carbocycles. The largest absolute Gasteiger partial charge is 0.497 e. The molecule has 1 aromatic rings. The standard InChI is InChI=1S/C10H14BFO3/c1-6(2)7-4-8(11(13)14)10(15-3)5-9(7)12/h4-6,13-14H,1-3H3/i1+1,6+1. The van der Waals surface area contributed by atoms with Crippen LogP contribution in [0.3, 0.4) is 0 Å². The number of halogens is 1. The summed E-state index contributed by atoms with van der Waals surface area (Å²) in [5, 5.41) is 18.2.